The average Bonchev–Trinajstić information content (AvgIpc) is 2.56. The summed E-state index contributed by atoms with van der Waals surface area (Å²) in [6, 6.07) is 4.17. The Hall–Kier alpha value is -1.02. The fraction of sp³-hybridized carbons (Fsp3) is 0.400. The van der Waals surface area contributed by atoms with Crippen molar-refractivity contribution in [3.8, 4) is 0 Å². The van der Waals surface area contributed by atoms with Crippen LogP contribution in [0.4, 0.5) is 0 Å². The van der Waals surface area contributed by atoms with Gasteiger partial charge in [-0.15, -0.1) is 0 Å². The molecule has 1 rings (SSSR count). The highest BCUT2D eigenvalue weighted by molar-refractivity contribution is 5.03. The maximum absolute atomic E-state index is 5.24. The largest absolute Gasteiger partial charge is 0.468 e. The fourth-order valence-electron chi connectivity index (χ4n) is 1.00. The van der Waals surface area contributed by atoms with Gasteiger partial charge in [0.25, 0.3) is 0 Å². The lowest BCUT2D eigenvalue weighted by Crippen LogP contribution is -2.17. The minimum atomic E-state index is 0.288. The molecule has 1 aromatic heterocycles. The van der Waals surface area contributed by atoms with Crippen molar-refractivity contribution in [2.75, 3.05) is 6.54 Å². The van der Waals surface area contributed by atoms with E-state index in [-0.39, 0.29) is 6.04 Å². The number of furan rings is 1. The van der Waals surface area contributed by atoms with Gasteiger partial charge in [-0.25, -0.2) is 0 Å². The molecule has 0 aliphatic heterocycles. The molecule has 0 radical (unpaired) electrons. The quantitative estimate of drug-likeness (QED) is 0.693. The first kappa shape index (κ1) is 9.07. The van der Waals surface area contributed by atoms with Crippen LogP contribution in [-0.4, -0.2) is 6.54 Å². The molecule has 0 saturated heterocycles. The average molecular weight is 165 g/mol. The van der Waals surface area contributed by atoms with E-state index >= 15 is 0 Å². The van der Waals surface area contributed by atoms with E-state index in [0.29, 0.717) is 0 Å². The van der Waals surface area contributed by atoms with E-state index < -0.39 is 0 Å². The van der Waals surface area contributed by atoms with Gasteiger partial charge < -0.3 is 9.73 Å². The molecular weight excluding hydrogens is 150 g/mol. The van der Waals surface area contributed by atoms with Crippen molar-refractivity contribution in [2.24, 2.45) is 0 Å². The van der Waals surface area contributed by atoms with Crippen LogP contribution in [0.3, 0.4) is 0 Å². The second kappa shape index (κ2) is 4.78. The third-order valence-corrected chi connectivity index (χ3v) is 1.75. The Labute approximate surface area is 73.3 Å². The van der Waals surface area contributed by atoms with Gasteiger partial charge in [0.1, 0.15) is 5.76 Å². The molecule has 0 aliphatic carbocycles. The molecule has 0 bridgehead atoms. The standard InChI is InChI=1S/C10H15NO/c1-3-4-7-11-9(2)10-6-5-8-12-10/h3-6,8-9,11H,7H2,1-2H3/b4-3+/t9-/m1/s1. The van der Waals surface area contributed by atoms with Gasteiger partial charge in [-0.2, -0.15) is 0 Å². The van der Waals surface area contributed by atoms with Crippen molar-refractivity contribution in [1.29, 1.82) is 0 Å². The Kier molecular flexibility index (Phi) is 3.61. The molecule has 1 atom stereocenters. The minimum Gasteiger partial charge on any atom is -0.468 e. The Bertz CT molecular complexity index is 226. The van der Waals surface area contributed by atoms with Gasteiger partial charge in [0, 0.05) is 6.54 Å². The molecule has 0 amide bonds. The van der Waals surface area contributed by atoms with Gasteiger partial charge in [0.15, 0.2) is 0 Å². The topological polar surface area (TPSA) is 25.2 Å². The molecule has 0 spiro atoms. The fourth-order valence-corrected chi connectivity index (χ4v) is 1.00. The highest BCUT2D eigenvalue weighted by Gasteiger charge is 2.04. The van der Waals surface area contributed by atoms with Gasteiger partial charge in [0.05, 0.1) is 12.3 Å². The summed E-state index contributed by atoms with van der Waals surface area (Å²) in [4.78, 5) is 0. The van der Waals surface area contributed by atoms with E-state index in [4.69, 9.17) is 4.42 Å². The lowest BCUT2D eigenvalue weighted by molar-refractivity contribution is 0.441. The predicted octanol–water partition coefficient (Wildman–Crippen LogP) is 2.51. The Morgan fingerprint density at radius 2 is 2.50 bits per heavy atom. The number of nitrogens with one attached hydrogen (secondary N) is 1. The molecule has 0 saturated carbocycles. The smallest absolute Gasteiger partial charge is 0.120 e. The second-order valence-electron chi connectivity index (χ2n) is 2.71. The summed E-state index contributed by atoms with van der Waals surface area (Å²) < 4.78 is 5.24. The summed E-state index contributed by atoms with van der Waals surface area (Å²) in [7, 11) is 0. The summed E-state index contributed by atoms with van der Waals surface area (Å²) in [5.74, 6) is 0.986. The Balaban J connectivity index is 2.34. The van der Waals surface area contributed by atoms with Crippen LogP contribution in [0.2, 0.25) is 0 Å². The third kappa shape index (κ3) is 2.55. The first-order valence-corrected chi connectivity index (χ1v) is 4.22. The Morgan fingerprint density at radius 3 is 3.08 bits per heavy atom. The highest BCUT2D eigenvalue weighted by Crippen LogP contribution is 2.11. The first-order valence-electron chi connectivity index (χ1n) is 4.22. The van der Waals surface area contributed by atoms with Crippen molar-refractivity contribution >= 4 is 0 Å². The molecule has 1 N–H and O–H groups in total. The molecule has 2 heteroatoms. The minimum absolute atomic E-state index is 0.288. The van der Waals surface area contributed by atoms with Crippen molar-refractivity contribution in [2.45, 2.75) is 19.9 Å². The predicted molar refractivity (Wildman–Crippen MR) is 49.9 cm³/mol. The lowest BCUT2D eigenvalue weighted by atomic mass is 10.2. The van der Waals surface area contributed by atoms with Gasteiger partial charge in [-0.3, -0.25) is 0 Å². The van der Waals surface area contributed by atoms with E-state index in [2.05, 4.69) is 18.3 Å². The zero-order valence-electron chi connectivity index (χ0n) is 7.58. The number of rotatable bonds is 4. The van der Waals surface area contributed by atoms with Crippen LogP contribution in [0.5, 0.6) is 0 Å². The van der Waals surface area contributed by atoms with Crippen molar-refractivity contribution < 1.29 is 4.42 Å². The van der Waals surface area contributed by atoms with Crippen molar-refractivity contribution in [1.82, 2.24) is 5.32 Å². The van der Waals surface area contributed by atoms with Crippen LogP contribution in [0.15, 0.2) is 35.0 Å². The summed E-state index contributed by atoms with van der Waals surface area (Å²) >= 11 is 0. The summed E-state index contributed by atoms with van der Waals surface area (Å²) in [5.41, 5.74) is 0. The molecular formula is C10H15NO. The Morgan fingerprint density at radius 1 is 1.67 bits per heavy atom. The lowest BCUT2D eigenvalue weighted by Gasteiger charge is -2.08. The van der Waals surface area contributed by atoms with Gasteiger partial charge in [0.2, 0.25) is 0 Å². The number of hydrogen-bond donors (Lipinski definition) is 1. The summed E-state index contributed by atoms with van der Waals surface area (Å²) in [6.07, 6.45) is 5.81. The molecule has 66 valence electrons. The molecule has 0 aromatic carbocycles. The molecule has 1 heterocycles. The number of allylic oxidation sites excluding steroid dienone is 1. The molecule has 2 nitrogen and oxygen atoms in total. The molecule has 1 aromatic rings. The normalized spacial score (nSPS) is 13.8. The monoisotopic (exact) mass is 165 g/mol. The van der Waals surface area contributed by atoms with Crippen LogP contribution in [-0.2, 0) is 0 Å². The van der Waals surface area contributed by atoms with Crippen LogP contribution in [0, 0.1) is 0 Å². The number of hydrogen-bond acceptors (Lipinski definition) is 2. The van der Waals surface area contributed by atoms with Gasteiger partial charge in [-0.1, -0.05) is 12.2 Å². The van der Waals surface area contributed by atoms with E-state index in [1.807, 2.05) is 25.1 Å². The molecule has 12 heavy (non-hydrogen) atoms. The zero-order chi connectivity index (χ0) is 8.81. The van der Waals surface area contributed by atoms with E-state index in [1.165, 1.54) is 0 Å². The maximum Gasteiger partial charge on any atom is 0.120 e. The summed E-state index contributed by atoms with van der Waals surface area (Å²) in [5, 5.41) is 3.31. The van der Waals surface area contributed by atoms with E-state index in [1.54, 1.807) is 6.26 Å². The maximum atomic E-state index is 5.24. The molecule has 0 unspecified atom stereocenters. The van der Waals surface area contributed by atoms with Crippen LogP contribution < -0.4 is 5.32 Å². The van der Waals surface area contributed by atoms with E-state index in [9.17, 15) is 0 Å². The van der Waals surface area contributed by atoms with Crippen molar-refractivity contribution in [3.05, 3.63) is 36.3 Å². The van der Waals surface area contributed by atoms with Gasteiger partial charge in [-0.05, 0) is 26.0 Å². The third-order valence-electron chi connectivity index (χ3n) is 1.75. The van der Waals surface area contributed by atoms with E-state index in [0.717, 1.165) is 12.3 Å². The van der Waals surface area contributed by atoms with Crippen LogP contribution in [0.1, 0.15) is 25.6 Å². The highest BCUT2D eigenvalue weighted by atomic mass is 16.3. The molecule has 0 aliphatic rings. The van der Waals surface area contributed by atoms with Crippen LogP contribution >= 0.6 is 0 Å². The SMILES string of the molecule is C/C=C/CN[C@H](C)c1ccco1. The van der Waals surface area contributed by atoms with Gasteiger partial charge >= 0.3 is 0 Å². The van der Waals surface area contributed by atoms with Crippen LogP contribution in [0.25, 0.3) is 0 Å². The zero-order valence-corrected chi connectivity index (χ0v) is 7.58. The summed E-state index contributed by atoms with van der Waals surface area (Å²) in [6.45, 7) is 4.99. The van der Waals surface area contributed by atoms with Crippen molar-refractivity contribution in [3.63, 3.8) is 0 Å². The first-order chi connectivity index (χ1) is 5.84. The second-order valence-corrected chi connectivity index (χ2v) is 2.71. The molecule has 0 fully saturated rings.